The fraction of sp³-hybridized carbons (Fsp3) is 0.308. The Balaban J connectivity index is 1.92. The minimum Gasteiger partial charge on any atom is -0.370 e. The van der Waals surface area contributed by atoms with E-state index < -0.39 is 0 Å². The molecule has 1 fully saturated rings. The molecule has 1 aliphatic heterocycles. The topological polar surface area (TPSA) is 55.2 Å². The van der Waals surface area contributed by atoms with Crippen molar-refractivity contribution >= 4 is 41.6 Å². The maximum Gasteiger partial charge on any atom is 0.216 e. The summed E-state index contributed by atoms with van der Waals surface area (Å²) < 4.78 is 7.60. The van der Waals surface area contributed by atoms with Crippen LogP contribution in [0.2, 0.25) is 10.0 Å². The highest BCUT2D eigenvalue weighted by molar-refractivity contribution is 7.71. The van der Waals surface area contributed by atoms with Crippen LogP contribution in [0.25, 0.3) is 0 Å². The Morgan fingerprint density at radius 3 is 3.05 bits per heavy atom. The van der Waals surface area contributed by atoms with Gasteiger partial charge in [-0.05, 0) is 37.2 Å². The average Bonchev–Trinajstić information content (AvgIpc) is 3.08. The molecule has 5 nitrogen and oxygen atoms in total. The summed E-state index contributed by atoms with van der Waals surface area (Å²) in [4.78, 5) is 0. The molecule has 0 saturated carbocycles. The summed E-state index contributed by atoms with van der Waals surface area (Å²) in [6, 6.07) is 5.22. The number of nitrogens with zero attached hydrogens (tertiary/aromatic N) is 3. The minimum absolute atomic E-state index is 0.0733. The molecule has 2 aromatic rings. The second kappa shape index (κ2) is 6.27. The Kier molecular flexibility index (Phi) is 4.40. The minimum atomic E-state index is -0.0733. The van der Waals surface area contributed by atoms with Crippen molar-refractivity contribution in [2.24, 2.45) is 5.10 Å². The monoisotopic (exact) mass is 342 g/mol. The number of aromatic nitrogens is 3. The van der Waals surface area contributed by atoms with Crippen molar-refractivity contribution in [2.45, 2.75) is 18.9 Å². The Morgan fingerprint density at radius 2 is 2.33 bits per heavy atom. The summed E-state index contributed by atoms with van der Waals surface area (Å²) in [5.74, 6) is 0.679. The van der Waals surface area contributed by atoms with Crippen LogP contribution in [0.15, 0.2) is 23.3 Å². The molecule has 1 aromatic carbocycles. The summed E-state index contributed by atoms with van der Waals surface area (Å²) in [5, 5.41) is 12.4. The standard InChI is InChI=1S/C13H12Cl2N4OS/c14-9-4-3-8(10(15)6-9)7-16-19-12(17-18-13(19)21)11-2-1-5-20-11/h3-4,6-7,11H,1-2,5H2,(H,18,21)/b16-7-/t11-/m1/s1. The van der Waals surface area contributed by atoms with E-state index in [0.29, 0.717) is 20.6 Å². The maximum atomic E-state index is 6.12. The number of halogens is 2. The van der Waals surface area contributed by atoms with Gasteiger partial charge in [-0.2, -0.15) is 14.9 Å². The Hall–Kier alpha value is -1.21. The van der Waals surface area contributed by atoms with Gasteiger partial charge in [0, 0.05) is 17.2 Å². The second-order valence-corrected chi connectivity index (χ2v) is 5.84. The second-order valence-electron chi connectivity index (χ2n) is 4.61. The van der Waals surface area contributed by atoms with E-state index in [1.165, 1.54) is 0 Å². The van der Waals surface area contributed by atoms with E-state index in [1.807, 2.05) is 0 Å². The molecule has 2 heterocycles. The normalized spacial score (nSPS) is 18.7. The summed E-state index contributed by atoms with van der Waals surface area (Å²) in [6.07, 6.45) is 3.48. The van der Waals surface area contributed by atoms with E-state index in [9.17, 15) is 0 Å². The van der Waals surface area contributed by atoms with Crippen LogP contribution >= 0.6 is 35.4 Å². The van der Waals surface area contributed by atoms with Crippen molar-refractivity contribution in [1.82, 2.24) is 14.9 Å². The van der Waals surface area contributed by atoms with Crippen molar-refractivity contribution in [2.75, 3.05) is 6.61 Å². The van der Waals surface area contributed by atoms with E-state index in [1.54, 1.807) is 29.1 Å². The number of aromatic amines is 1. The highest BCUT2D eigenvalue weighted by Crippen LogP contribution is 2.27. The first kappa shape index (κ1) is 14.7. The first-order valence-corrected chi connectivity index (χ1v) is 7.60. The van der Waals surface area contributed by atoms with Crippen molar-refractivity contribution < 1.29 is 4.74 Å². The van der Waals surface area contributed by atoms with Gasteiger partial charge in [-0.1, -0.05) is 29.3 Å². The number of hydrogen-bond donors (Lipinski definition) is 1. The van der Waals surface area contributed by atoms with Gasteiger partial charge >= 0.3 is 0 Å². The van der Waals surface area contributed by atoms with Crippen molar-refractivity contribution in [3.05, 3.63) is 44.4 Å². The molecule has 1 aromatic heterocycles. The lowest BCUT2D eigenvalue weighted by atomic mass is 10.2. The third-order valence-corrected chi connectivity index (χ3v) is 3.99. The van der Waals surface area contributed by atoms with E-state index in [-0.39, 0.29) is 6.10 Å². The van der Waals surface area contributed by atoms with Crippen LogP contribution in [-0.4, -0.2) is 27.7 Å². The number of nitrogens with one attached hydrogen (secondary N) is 1. The molecule has 1 atom stereocenters. The van der Waals surface area contributed by atoms with Crippen LogP contribution in [0, 0.1) is 4.77 Å². The van der Waals surface area contributed by atoms with Gasteiger partial charge in [0.15, 0.2) is 5.82 Å². The average molecular weight is 343 g/mol. The summed E-state index contributed by atoms with van der Waals surface area (Å²) in [5.41, 5.74) is 0.752. The number of hydrogen-bond acceptors (Lipinski definition) is 4. The third kappa shape index (κ3) is 3.18. The zero-order chi connectivity index (χ0) is 14.8. The zero-order valence-electron chi connectivity index (χ0n) is 10.9. The first-order chi connectivity index (χ1) is 10.1. The molecule has 1 saturated heterocycles. The van der Waals surface area contributed by atoms with Crippen LogP contribution in [0.4, 0.5) is 0 Å². The van der Waals surface area contributed by atoms with Gasteiger partial charge in [0.25, 0.3) is 0 Å². The molecule has 0 radical (unpaired) electrons. The largest absolute Gasteiger partial charge is 0.370 e. The van der Waals surface area contributed by atoms with Crippen molar-refractivity contribution in [1.29, 1.82) is 0 Å². The van der Waals surface area contributed by atoms with E-state index in [0.717, 1.165) is 25.0 Å². The fourth-order valence-corrected chi connectivity index (χ4v) is 2.77. The quantitative estimate of drug-likeness (QED) is 0.677. The number of rotatable bonds is 3. The van der Waals surface area contributed by atoms with Crippen molar-refractivity contribution in [3.8, 4) is 0 Å². The Bertz CT molecular complexity index is 734. The lowest BCUT2D eigenvalue weighted by Gasteiger charge is -2.07. The van der Waals surface area contributed by atoms with Gasteiger partial charge in [0.05, 0.1) is 11.2 Å². The molecule has 1 N–H and O–H groups in total. The predicted octanol–water partition coefficient (Wildman–Crippen LogP) is 3.98. The van der Waals surface area contributed by atoms with Gasteiger partial charge in [0.2, 0.25) is 4.77 Å². The number of H-pyrrole nitrogens is 1. The number of benzene rings is 1. The van der Waals surface area contributed by atoms with Crippen LogP contribution in [0.5, 0.6) is 0 Å². The molecule has 0 amide bonds. The highest BCUT2D eigenvalue weighted by Gasteiger charge is 2.23. The molecule has 8 heteroatoms. The SMILES string of the molecule is S=c1[nH]nc([C@H]2CCCO2)n1/N=C\c1ccc(Cl)cc1Cl. The van der Waals surface area contributed by atoms with E-state index >= 15 is 0 Å². The van der Waals surface area contributed by atoms with Crippen LogP contribution in [0.3, 0.4) is 0 Å². The van der Waals surface area contributed by atoms with Crippen molar-refractivity contribution in [3.63, 3.8) is 0 Å². The highest BCUT2D eigenvalue weighted by atomic mass is 35.5. The fourth-order valence-electron chi connectivity index (χ4n) is 2.13. The Labute approximate surface area is 136 Å². The molecule has 3 rings (SSSR count). The molecule has 1 aliphatic rings. The maximum absolute atomic E-state index is 6.12. The van der Waals surface area contributed by atoms with Gasteiger partial charge in [-0.15, -0.1) is 0 Å². The molecule has 0 spiro atoms. The molecule has 0 unspecified atom stereocenters. The molecule has 21 heavy (non-hydrogen) atoms. The lowest BCUT2D eigenvalue weighted by Crippen LogP contribution is -2.05. The van der Waals surface area contributed by atoms with E-state index in [2.05, 4.69) is 15.3 Å². The van der Waals surface area contributed by atoms with Crippen LogP contribution in [0.1, 0.15) is 30.3 Å². The van der Waals surface area contributed by atoms with Gasteiger partial charge in [-0.25, -0.2) is 0 Å². The van der Waals surface area contributed by atoms with Gasteiger partial charge in [0.1, 0.15) is 6.10 Å². The number of ether oxygens (including phenoxy) is 1. The third-order valence-electron chi connectivity index (χ3n) is 3.17. The summed E-state index contributed by atoms with van der Waals surface area (Å²) >= 11 is 17.2. The molecule has 0 bridgehead atoms. The molecular weight excluding hydrogens is 331 g/mol. The first-order valence-electron chi connectivity index (χ1n) is 6.43. The summed E-state index contributed by atoms with van der Waals surface area (Å²) in [6.45, 7) is 0.733. The smallest absolute Gasteiger partial charge is 0.216 e. The molecular formula is C13H12Cl2N4OS. The molecule has 110 valence electrons. The molecule has 0 aliphatic carbocycles. The predicted molar refractivity (Wildman–Crippen MR) is 84.8 cm³/mol. The van der Waals surface area contributed by atoms with Crippen LogP contribution < -0.4 is 0 Å². The Morgan fingerprint density at radius 1 is 1.48 bits per heavy atom. The zero-order valence-corrected chi connectivity index (χ0v) is 13.3. The lowest BCUT2D eigenvalue weighted by molar-refractivity contribution is 0.102. The summed E-state index contributed by atoms with van der Waals surface area (Å²) in [7, 11) is 0. The van der Waals surface area contributed by atoms with Gasteiger partial charge < -0.3 is 4.74 Å². The van der Waals surface area contributed by atoms with Gasteiger partial charge in [-0.3, -0.25) is 5.10 Å². The van der Waals surface area contributed by atoms with E-state index in [4.69, 9.17) is 40.2 Å². The van der Waals surface area contributed by atoms with Crippen LogP contribution in [-0.2, 0) is 4.74 Å².